The largest absolute Gasteiger partial charge is 0.507 e. The zero-order valence-corrected chi connectivity index (χ0v) is 25.9. The summed E-state index contributed by atoms with van der Waals surface area (Å²) in [7, 11) is 0. The Bertz CT molecular complexity index is 1250. The maximum Gasteiger partial charge on any atom is 0.134 e. The maximum absolute atomic E-state index is 9.57. The van der Waals surface area contributed by atoms with Crippen molar-refractivity contribution in [2.45, 2.75) is 38.5 Å². The molecule has 8 heteroatoms. The van der Waals surface area contributed by atoms with Crippen LogP contribution < -0.4 is 0 Å². The van der Waals surface area contributed by atoms with Crippen LogP contribution in [0.25, 0.3) is 0 Å². The molecule has 0 saturated heterocycles. The smallest absolute Gasteiger partial charge is 0.134 e. The van der Waals surface area contributed by atoms with Gasteiger partial charge in [0.05, 0.1) is 19.0 Å². The first-order valence-electron chi connectivity index (χ1n) is 11.6. The van der Waals surface area contributed by atoms with Crippen molar-refractivity contribution in [3.63, 3.8) is 0 Å². The Kier molecular flexibility index (Phi) is 9.36. The van der Waals surface area contributed by atoms with Crippen LogP contribution in [0.4, 0.5) is 0 Å². The SMILES string of the molecule is CC(C)(c1ccc(O)c(Br)c1)c1ccc(O)c(Br)c1.CC(C)(c1ccc(O)c(Cl)c1)c1ccc(O)c(Cl)c1. The molecule has 38 heavy (non-hydrogen) atoms. The molecule has 0 saturated carbocycles. The minimum atomic E-state index is -0.339. The van der Waals surface area contributed by atoms with Crippen molar-refractivity contribution in [1.29, 1.82) is 0 Å². The second-order valence-corrected chi connectivity index (χ2v) is 12.4. The number of phenolic OH excluding ortho intramolecular Hbond substituents is 4. The number of rotatable bonds is 4. The van der Waals surface area contributed by atoms with Crippen molar-refractivity contribution in [1.82, 2.24) is 0 Å². The van der Waals surface area contributed by atoms with Crippen molar-refractivity contribution in [3.05, 3.63) is 114 Å². The van der Waals surface area contributed by atoms with E-state index in [0.29, 0.717) is 19.0 Å². The molecule has 0 aliphatic rings. The summed E-state index contributed by atoms with van der Waals surface area (Å²) in [5.74, 6) is 0.577. The van der Waals surface area contributed by atoms with Crippen molar-refractivity contribution >= 4 is 55.1 Å². The predicted molar refractivity (Wildman–Crippen MR) is 162 cm³/mol. The molecule has 0 fully saturated rings. The first-order chi connectivity index (χ1) is 17.6. The molecule has 0 aliphatic heterocycles. The molecule has 0 radical (unpaired) electrons. The molecular weight excluding hydrogens is 655 g/mol. The second-order valence-electron chi connectivity index (χ2n) is 9.91. The zero-order valence-electron chi connectivity index (χ0n) is 21.2. The first-order valence-corrected chi connectivity index (χ1v) is 13.9. The number of hydrogen-bond acceptors (Lipinski definition) is 4. The van der Waals surface area contributed by atoms with E-state index in [9.17, 15) is 20.4 Å². The fraction of sp³-hybridized carbons (Fsp3) is 0.200. The molecule has 4 nitrogen and oxygen atoms in total. The van der Waals surface area contributed by atoms with E-state index < -0.39 is 0 Å². The van der Waals surface area contributed by atoms with Gasteiger partial charge in [-0.1, -0.05) is 75.2 Å². The van der Waals surface area contributed by atoms with Gasteiger partial charge in [0.2, 0.25) is 0 Å². The highest BCUT2D eigenvalue weighted by molar-refractivity contribution is 9.10. The maximum atomic E-state index is 9.57. The van der Waals surface area contributed by atoms with E-state index in [4.69, 9.17) is 23.2 Å². The lowest BCUT2D eigenvalue weighted by Gasteiger charge is -2.27. The number of hydrogen-bond donors (Lipinski definition) is 4. The Morgan fingerprint density at radius 2 is 0.737 bits per heavy atom. The van der Waals surface area contributed by atoms with Crippen molar-refractivity contribution < 1.29 is 20.4 Å². The first kappa shape index (κ1) is 30.2. The van der Waals surface area contributed by atoms with Gasteiger partial charge < -0.3 is 20.4 Å². The van der Waals surface area contributed by atoms with Gasteiger partial charge >= 0.3 is 0 Å². The molecule has 0 aromatic heterocycles. The molecule has 0 amide bonds. The highest BCUT2D eigenvalue weighted by Crippen LogP contribution is 2.39. The van der Waals surface area contributed by atoms with E-state index in [2.05, 4.69) is 45.7 Å². The van der Waals surface area contributed by atoms with Crippen molar-refractivity contribution in [3.8, 4) is 23.0 Å². The summed E-state index contributed by atoms with van der Waals surface area (Å²) in [6, 6.07) is 21.2. The summed E-state index contributed by atoms with van der Waals surface area (Å²) in [6.07, 6.45) is 0. The summed E-state index contributed by atoms with van der Waals surface area (Å²) in [4.78, 5) is 0. The van der Waals surface area contributed by atoms with E-state index >= 15 is 0 Å². The summed E-state index contributed by atoms with van der Waals surface area (Å²) in [5.41, 5.74) is 3.50. The predicted octanol–water partition coefficient (Wildman–Crippen LogP) is 9.68. The van der Waals surface area contributed by atoms with Crippen LogP contribution in [0, 0.1) is 0 Å². The van der Waals surface area contributed by atoms with E-state index in [1.54, 1.807) is 36.4 Å². The van der Waals surface area contributed by atoms with Gasteiger partial charge in [-0.25, -0.2) is 0 Å². The molecular formula is C30H28Br2Cl2O4. The van der Waals surface area contributed by atoms with Gasteiger partial charge in [0.1, 0.15) is 23.0 Å². The van der Waals surface area contributed by atoms with Gasteiger partial charge in [-0.05, 0) is 103 Å². The van der Waals surface area contributed by atoms with Gasteiger partial charge in [-0.2, -0.15) is 0 Å². The molecule has 4 aromatic rings. The van der Waals surface area contributed by atoms with Crippen LogP contribution in [-0.2, 0) is 10.8 Å². The molecule has 0 spiro atoms. The van der Waals surface area contributed by atoms with Crippen LogP contribution in [0.15, 0.2) is 81.7 Å². The normalized spacial score (nSPS) is 11.6. The molecule has 0 atom stereocenters. The lowest BCUT2D eigenvalue weighted by molar-refractivity contribution is 0.470. The zero-order chi connectivity index (χ0) is 28.4. The Morgan fingerprint density at radius 1 is 0.474 bits per heavy atom. The number of halogens is 4. The van der Waals surface area contributed by atoms with Crippen LogP contribution in [0.3, 0.4) is 0 Å². The highest BCUT2D eigenvalue weighted by atomic mass is 79.9. The Hall–Kier alpha value is -2.38. The van der Waals surface area contributed by atoms with Crippen molar-refractivity contribution in [2.75, 3.05) is 0 Å². The van der Waals surface area contributed by atoms with E-state index in [-0.39, 0.29) is 33.8 Å². The van der Waals surface area contributed by atoms with Gasteiger partial charge in [-0.15, -0.1) is 0 Å². The number of phenols is 4. The molecule has 0 aliphatic carbocycles. The summed E-state index contributed by atoms with van der Waals surface area (Å²) < 4.78 is 1.35. The third-order valence-corrected chi connectivity index (χ3v) is 8.55. The Morgan fingerprint density at radius 3 is 1.00 bits per heavy atom. The fourth-order valence-corrected chi connectivity index (χ4v) is 5.03. The summed E-state index contributed by atoms with van der Waals surface area (Å²) in [5, 5.41) is 38.7. The van der Waals surface area contributed by atoms with Crippen LogP contribution in [0.1, 0.15) is 49.9 Å². The standard InChI is InChI=1S/C15H14Br2O2.C15H14Cl2O2/c2*1-15(2,9-3-5-13(18)11(16)7-9)10-4-6-14(19)12(17)8-10/h2*3-8,18-19H,1-2H3. The van der Waals surface area contributed by atoms with Crippen molar-refractivity contribution in [2.24, 2.45) is 0 Å². The minimum Gasteiger partial charge on any atom is -0.507 e. The Labute approximate surface area is 249 Å². The molecule has 0 bridgehead atoms. The average Bonchev–Trinajstić information content (AvgIpc) is 2.86. The molecule has 4 aromatic carbocycles. The third-order valence-electron chi connectivity index (χ3n) is 6.68. The van der Waals surface area contributed by atoms with Gasteiger partial charge in [0.25, 0.3) is 0 Å². The minimum absolute atomic E-state index is 0.0601. The molecule has 4 N–H and O–H groups in total. The summed E-state index contributed by atoms with van der Waals surface area (Å²) >= 11 is 18.6. The number of benzene rings is 4. The quantitative estimate of drug-likeness (QED) is 0.173. The molecule has 0 heterocycles. The van der Waals surface area contributed by atoms with Crippen LogP contribution in [0.5, 0.6) is 23.0 Å². The van der Waals surface area contributed by atoms with E-state index in [1.165, 1.54) is 0 Å². The highest BCUT2D eigenvalue weighted by Gasteiger charge is 2.25. The van der Waals surface area contributed by atoms with E-state index in [0.717, 1.165) is 22.3 Å². The lowest BCUT2D eigenvalue weighted by atomic mass is 9.78. The molecule has 4 rings (SSSR count). The number of aromatic hydroxyl groups is 4. The second kappa shape index (κ2) is 11.8. The monoisotopic (exact) mass is 680 g/mol. The Balaban J connectivity index is 0.000000211. The third kappa shape index (κ3) is 6.60. The van der Waals surface area contributed by atoms with Crippen LogP contribution >= 0.6 is 55.1 Å². The molecule has 0 unspecified atom stereocenters. The topological polar surface area (TPSA) is 80.9 Å². The van der Waals surface area contributed by atoms with Gasteiger partial charge in [0, 0.05) is 10.8 Å². The molecule has 200 valence electrons. The average molecular weight is 683 g/mol. The van der Waals surface area contributed by atoms with Gasteiger partial charge in [-0.3, -0.25) is 0 Å². The fourth-order valence-electron chi connectivity index (χ4n) is 3.92. The van der Waals surface area contributed by atoms with Gasteiger partial charge in [0.15, 0.2) is 0 Å². The van der Waals surface area contributed by atoms with Crippen LogP contribution in [0.2, 0.25) is 10.0 Å². The summed E-state index contributed by atoms with van der Waals surface area (Å²) in [6.45, 7) is 8.26. The lowest BCUT2D eigenvalue weighted by Crippen LogP contribution is -2.18. The van der Waals surface area contributed by atoms with Crippen LogP contribution in [-0.4, -0.2) is 20.4 Å². The van der Waals surface area contributed by atoms with E-state index in [1.807, 2.05) is 50.2 Å².